The number of aryl methyl sites for hydroxylation is 2. The van der Waals surface area contributed by atoms with Gasteiger partial charge in [0.25, 0.3) is 5.71 Å². The van der Waals surface area contributed by atoms with Gasteiger partial charge in [0.05, 0.1) is 0 Å². The number of oxazole rings is 1. The number of rotatable bonds is 6. The van der Waals surface area contributed by atoms with Crippen LogP contribution in [0.25, 0.3) is 11.2 Å². The van der Waals surface area contributed by atoms with Crippen LogP contribution in [0.15, 0.2) is 41.3 Å². The van der Waals surface area contributed by atoms with E-state index in [0.717, 1.165) is 44.1 Å². The van der Waals surface area contributed by atoms with Crippen LogP contribution >= 0.6 is 0 Å². The summed E-state index contributed by atoms with van der Waals surface area (Å²) in [5.41, 5.74) is 7.97. The van der Waals surface area contributed by atoms with Crippen LogP contribution in [0.3, 0.4) is 0 Å². The SMILES string of the molecule is C=CCN1CCN(c2nc(N)nc3oc(CCc4ccc(F)cc4)nc23)CC1. The maximum absolute atomic E-state index is 13.0. The molecule has 3 heterocycles. The van der Waals surface area contributed by atoms with Crippen LogP contribution < -0.4 is 10.6 Å². The van der Waals surface area contributed by atoms with Crippen molar-refractivity contribution in [2.75, 3.05) is 43.4 Å². The largest absolute Gasteiger partial charge is 0.422 e. The van der Waals surface area contributed by atoms with Gasteiger partial charge in [-0.1, -0.05) is 18.2 Å². The molecule has 1 saturated heterocycles. The van der Waals surface area contributed by atoms with Gasteiger partial charge in [-0.15, -0.1) is 6.58 Å². The van der Waals surface area contributed by atoms with E-state index in [1.165, 1.54) is 12.1 Å². The number of fused-ring (bicyclic) bond motifs is 1. The Bertz CT molecular complexity index is 963. The molecule has 3 aromatic rings. The molecule has 0 unspecified atom stereocenters. The van der Waals surface area contributed by atoms with E-state index >= 15 is 0 Å². The smallest absolute Gasteiger partial charge is 0.254 e. The highest BCUT2D eigenvalue weighted by Gasteiger charge is 2.23. The van der Waals surface area contributed by atoms with Crippen LogP contribution in [0.1, 0.15) is 11.5 Å². The number of hydrogen-bond acceptors (Lipinski definition) is 7. The number of nitrogen functional groups attached to an aromatic ring is 1. The van der Waals surface area contributed by atoms with E-state index in [0.29, 0.717) is 30.0 Å². The summed E-state index contributed by atoms with van der Waals surface area (Å²) >= 11 is 0. The molecule has 8 heteroatoms. The maximum atomic E-state index is 13.0. The van der Waals surface area contributed by atoms with E-state index < -0.39 is 0 Å². The lowest BCUT2D eigenvalue weighted by molar-refractivity contribution is 0.284. The second-order valence-corrected chi connectivity index (χ2v) is 6.87. The van der Waals surface area contributed by atoms with Gasteiger partial charge in [0.15, 0.2) is 17.2 Å². The fourth-order valence-corrected chi connectivity index (χ4v) is 3.42. The Labute approximate surface area is 162 Å². The van der Waals surface area contributed by atoms with E-state index in [9.17, 15) is 4.39 Å². The molecular weight excluding hydrogens is 359 g/mol. The second kappa shape index (κ2) is 7.93. The molecule has 1 fully saturated rings. The first-order valence-corrected chi connectivity index (χ1v) is 9.38. The first-order valence-electron chi connectivity index (χ1n) is 9.38. The monoisotopic (exact) mass is 382 g/mol. The first-order chi connectivity index (χ1) is 13.6. The summed E-state index contributed by atoms with van der Waals surface area (Å²) in [4.78, 5) is 17.8. The van der Waals surface area contributed by atoms with Crippen LogP contribution in [0.2, 0.25) is 0 Å². The van der Waals surface area contributed by atoms with Crippen molar-refractivity contribution in [3.63, 3.8) is 0 Å². The Morgan fingerprint density at radius 1 is 1.07 bits per heavy atom. The fraction of sp³-hybridized carbons (Fsp3) is 0.350. The normalized spacial score (nSPS) is 15.2. The molecule has 7 nitrogen and oxygen atoms in total. The van der Waals surface area contributed by atoms with E-state index in [1.807, 2.05) is 6.08 Å². The highest BCUT2D eigenvalue weighted by atomic mass is 19.1. The van der Waals surface area contributed by atoms with Crippen molar-refractivity contribution in [1.82, 2.24) is 19.9 Å². The van der Waals surface area contributed by atoms with Crippen molar-refractivity contribution < 1.29 is 8.81 Å². The van der Waals surface area contributed by atoms with Crippen molar-refractivity contribution in [3.8, 4) is 0 Å². The molecule has 0 amide bonds. The van der Waals surface area contributed by atoms with Crippen LogP contribution in [0, 0.1) is 5.82 Å². The summed E-state index contributed by atoms with van der Waals surface area (Å²) in [6, 6.07) is 6.45. The lowest BCUT2D eigenvalue weighted by Gasteiger charge is -2.34. The molecule has 146 valence electrons. The number of nitrogens with zero attached hydrogens (tertiary/aromatic N) is 5. The van der Waals surface area contributed by atoms with Gasteiger partial charge in [-0.3, -0.25) is 4.90 Å². The highest BCUT2D eigenvalue weighted by Crippen LogP contribution is 2.26. The number of piperazine rings is 1. The van der Waals surface area contributed by atoms with Gasteiger partial charge in [0.1, 0.15) is 5.82 Å². The van der Waals surface area contributed by atoms with Gasteiger partial charge in [-0.05, 0) is 24.1 Å². The predicted octanol–water partition coefficient (Wildman–Crippen LogP) is 2.43. The average molecular weight is 382 g/mol. The molecule has 4 rings (SSSR count). The highest BCUT2D eigenvalue weighted by molar-refractivity contribution is 5.83. The summed E-state index contributed by atoms with van der Waals surface area (Å²) in [6.07, 6.45) is 3.21. The van der Waals surface area contributed by atoms with Gasteiger partial charge in [0.2, 0.25) is 5.95 Å². The molecule has 0 spiro atoms. The second-order valence-electron chi connectivity index (χ2n) is 6.87. The maximum Gasteiger partial charge on any atom is 0.254 e. The van der Waals surface area contributed by atoms with Crippen LogP contribution in [-0.2, 0) is 12.8 Å². The van der Waals surface area contributed by atoms with E-state index in [4.69, 9.17) is 10.2 Å². The summed E-state index contributed by atoms with van der Waals surface area (Å²) in [5, 5.41) is 0. The molecule has 0 bridgehead atoms. The molecule has 0 aliphatic carbocycles. The Morgan fingerprint density at radius 3 is 2.54 bits per heavy atom. The number of halogens is 1. The third-order valence-corrected chi connectivity index (χ3v) is 4.90. The number of anilines is 2. The molecule has 0 radical (unpaired) electrons. The molecular formula is C20H23FN6O. The minimum Gasteiger partial charge on any atom is -0.422 e. The predicted molar refractivity (Wildman–Crippen MR) is 107 cm³/mol. The van der Waals surface area contributed by atoms with Crippen LogP contribution in [-0.4, -0.2) is 52.6 Å². The van der Waals surface area contributed by atoms with Crippen molar-refractivity contribution in [1.29, 1.82) is 0 Å². The molecule has 2 aromatic heterocycles. The molecule has 0 atom stereocenters. The van der Waals surface area contributed by atoms with Crippen molar-refractivity contribution in [2.24, 2.45) is 0 Å². The van der Waals surface area contributed by atoms with Gasteiger partial charge in [-0.2, -0.15) is 9.97 Å². The lowest BCUT2D eigenvalue weighted by Crippen LogP contribution is -2.46. The van der Waals surface area contributed by atoms with Gasteiger partial charge < -0.3 is 15.1 Å². The lowest BCUT2D eigenvalue weighted by atomic mass is 10.1. The van der Waals surface area contributed by atoms with Gasteiger partial charge in [0, 0.05) is 39.1 Å². The summed E-state index contributed by atoms with van der Waals surface area (Å²) in [6.45, 7) is 8.19. The molecule has 0 saturated carbocycles. The fourth-order valence-electron chi connectivity index (χ4n) is 3.42. The number of aromatic nitrogens is 3. The number of nitrogens with two attached hydrogens (primary N) is 1. The first kappa shape index (κ1) is 18.4. The third kappa shape index (κ3) is 3.96. The zero-order valence-corrected chi connectivity index (χ0v) is 15.6. The Morgan fingerprint density at radius 2 is 1.82 bits per heavy atom. The average Bonchev–Trinajstić information content (AvgIpc) is 3.10. The van der Waals surface area contributed by atoms with Crippen LogP contribution in [0.4, 0.5) is 16.2 Å². The Balaban J connectivity index is 1.53. The quantitative estimate of drug-likeness (QED) is 0.656. The molecule has 1 aromatic carbocycles. The Hall–Kier alpha value is -3.00. The van der Waals surface area contributed by atoms with Crippen molar-refractivity contribution in [2.45, 2.75) is 12.8 Å². The minimum absolute atomic E-state index is 0.178. The van der Waals surface area contributed by atoms with Crippen molar-refractivity contribution >= 4 is 23.0 Å². The third-order valence-electron chi connectivity index (χ3n) is 4.90. The van der Waals surface area contributed by atoms with Crippen LogP contribution in [0.5, 0.6) is 0 Å². The van der Waals surface area contributed by atoms with Gasteiger partial charge in [-0.25, -0.2) is 9.37 Å². The topological polar surface area (TPSA) is 84.3 Å². The summed E-state index contributed by atoms with van der Waals surface area (Å²) in [7, 11) is 0. The molecule has 2 N–H and O–H groups in total. The van der Waals surface area contributed by atoms with Crippen molar-refractivity contribution in [3.05, 3.63) is 54.2 Å². The summed E-state index contributed by atoms with van der Waals surface area (Å²) < 4.78 is 18.9. The molecule has 1 aliphatic heterocycles. The molecule has 28 heavy (non-hydrogen) atoms. The number of benzene rings is 1. The molecule has 1 aliphatic rings. The van der Waals surface area contributed by atoms with E-state index in [2.05, 4.69) is 31.3 Å². The standard InChI is InChI=1S/C20H23FN6O/c1-2-9-26-10-12-27(13-11-26)18-17-19(25-20(22)24-18)28-16(23-17)8-5-14-3-6-15(21)7-4-14/h2-4,6-7H,1,5,8-13H2,(H2,22,24,25). The zero-order chi connectivity index (χ0) is 19.5. The summed E-state index contributed by atoms with van der Waals surface area (Å²) in [5.74, 6) is 1.23. The Kier molecular flexibility index (Phi) is 5.21. The minimum atomic E-state index is -0.241. The zero-order valence-electron chi connectivity index (χ0n) is 15.6. The van der Waals surface area contributed by atoms with E-state index in [-0.39, 0.29) is 11.8 Å². The van der Waals surface area contributed by atoms with E-state index in [1.54, 1.807) is 12.1 Å². The van der Waals surface area contributed by atoms with Gasteiger partial charge >= 0.3 is 0 Å². The number of hydrogen-bond donors (Lipinski definition) is 1.